The fourth-order valence-electron chi connectivity index (χ4n) is 2.17. The first-order valence-electron chi connectivity index (χ1n) is 6.77. The van der Waals surface area contributed by atoms with Gasteiger partial charge in [-0.1, -0.05) is 13.8 Å². The van der Waals surface area contributed by atoms with Crippen LogP contribution >= 0.6 is 0 Å². The van der Waals surface area contributed by atoms with E-state index < -0.39 is 0 Å². The Kier molecular flexibility index (Phi) is 3.22. The van der Waals surface area contributed by atoms with E-state index in [0.29, 0.717) is 11.3 Å². The lowest BCUT2D eigenvalue weighted by Crippen LogP contribution is -2.35. The zero-order valence-corrected chi connectivity index (χ0v) is 12.5. The molecule has 1 saturated carbocycles. The molecule has 2 rings (SSSR count). The summed E-state index contributed by atoms with van der Waals surface area (Å²) < 4.78 is 0. The van der Waals surface area contributed by atoms with Gasteiger partial charge in [-0.2, -0.15) is 0 Å². The van der Waals surface area contributed by atoms with Gasteiger partial charge in [0.25, 0.3) is 0 Å². The fourth-order valence-corrected chi connectivity index (χ4v) is 2.17. The number of aromatic nitrogens is 2. The third-order valence-corrected chi connectivity index (χ3v) is 3.55. The van der Waals surface area contributed by atoms with Crippen LogP contribution in [0.1, 0.15) is 64.2 Å². The standard InChI is InChI=1S/C15H25N3/c1-10-7-11(9-16-14(2,3)4)18-13(17-10)12-8-15(12,5)6/h7,12,16H,8-9H2,1-6H3. The highest BCUT2D eigenvalue weighted by atomic mass is 15.0. The molecule has 0 bridgehead atoms. The van der Waals surface area contributed by atoms with Crippen LogP contribution in [0.25, 0.3) is 0 Å². The van der Waals surface area contributed by atoms with Crippen LogP contribution in [0.3, 0.4) is 0 Å². The van der Waals surface area contributed by atoms with E-state index in [1.165, 1.54) is 6.42 Å². The van der Waals surface area contributed by atoms with Gasteiger partial charge in [-0.3, -0.25) is 0 Å². The Morgan fingerprint density at radius 1 is 1.33 bits per heavy atom. The van der Waals surface area contributed by atoms with Crippen molar-refractivity contribution in [3.05, 3.63) is 23.3 Å². The average molecular weight is 247 g/mol. The summed E-state index contributed by atoms with van der Waals surface area (Å²) in [6.45, 7) is 14.0. The third-order valence-electron chi connectivity index (χ3n) is 3.55. The van der Waals surface area contributed by atoms with E-state index in [1.807, 2.05) is 0 Å². The minimum atomic E-state index is 0.123. The first-order valence-corrected chi connectivity index (χ1v) is 6.77. The van der Waals surface area contributed by atoms with Crippen molar-refractivity contribution < 1.29 is 0 Å². The molecule has 1 aliphatic rings. The van der Waals surface area contributed by atoms with Crippen LogP contribution in [0.5, 0.6) is 0 Å². The first-order chi connectivity index (χ1) is 8.17. The predicted octanol–water partition coefficient (Wildman–Crippen LogP) is 3.19. The summed E-state index contributed by atoms with van der Waals surface area (Å²) in [6.07, 6.45) is 1.21. The Bertz CT molecular complexity index is 444. The number of nitrogens with zero attached hydrogens (tertiary/aromatic N) is 2. The molecule has 0 aliphatic heterocycles. The van der Waals surface area contributed by atoms with Crippen molar-refractivity contribution in [1.82, 2.24) is 15.3 Å². The van der Waals surface area contributed by atoms with Gasteiger partial charge in [-0.15, -0.1) is 0 Å². The molecular weight excluding hydrogens is 222 g/mol. The largest absolute Gasteiger partial charge is 0.306 e. The summed E-state index contributed by atoms with van der Waals surface area (Å²) in [5, 5.41) is 3.48. The second-order valence-electron chi connectivity index (χ2n) is 7.21. The van der Waals surface area contributed by atoms with Crippen molar-refractivity contribution in [3.63, 3.8) is 0 Å². The van der Waals surface area contributed by atoms with Gasteiger partial charge in [0.1, 0.15) is 5.82 Å². The highest BCUT2D eigenvalue weighted by Gasteiger charge is 2.48. The number of hydrogen-bond donors (Lipinski definition) is 1. The van der Waals surface area contributed by atoms with Gasteiger partial charge in [0.05, 0.1) is 5.69 Å². The van der Waals surface area contributed by atoms with Crippen LogP contribution in [-0.4, -0.2) is 15.5 Å². The lowest BCUT2D eigenvalue weighted by molar-refractivity contribution is 0.420. The van der Waals surface area contributed by atoms with Gasteiger partial charge >= 0.3 is 0 Å². The molecular formula is C15H25N3. The summed E-state index contributed by atoms with van der Waals surface area (Å²) in [5.74, 6) is 1.58. The minimum Gasteiger partial charge on any atom is -0.306 e. The van der Waals surface area contributed by atoms with Crippen molar-refractivity contribution in [1.29, 1.82) is 0 Å². The smallest absolute Gasteiger partial charge is 0.132 e. The highest BCUT2D eigenvalue weighted by Crippen LogP contribution is 2.57. The van der Waals surface area contributed by atoms with Crippen LogP contribution in [0.15, 0.2) is 6.07 Å². The second kappa shape index (κ2) is 4.30. The van der Waals surface area contributed by atoms with E-state index in [0.717, 1.165) is 23.8 Å². The number of hydrogen-bond acceptors (Lipinski definition) is 3. The Balaban J connectivity index is 2.12. The Morgan fingerprint density at radius 2 is 1.94 bits per heavy atom. The van der Waals surface area contributed by atoms with Crippen LogP contribution in [0.4, 0.5) is 0 Å². The lowest BCUT2D eigenvalue weighted by atomic mass is 10.1. The number of nitrogens with one attached hydrogen (secondary N) is 1. The van der Waals surface area contributed by atoms with E-state index in [2.05, 4.69) is 57.9 Å². The quantitative estimate of drug-likeness (QED) is 0.891. The zero-order chi connectivity index (χ0) is 13.6. The third kappa shape index (κ3) is 3.29. The van der Waals surface area contributed by atoms with E-state index in [9.17, 15) is 0 Å². The zero-order valence-electron chi connectivity index (χ0n) is 12.5. The van der Waals surface area contributed by atoms with Crippen molar-refractivity contribution in [3.8, 4) is 0 Å². The molecule has 3 nitrogen and oxygen atoms in total. The molecule has 1 N–H and O–H groups in total. The first kappa shape index (κ1) is 13.5. The molecule has 1 aromatic rings. The Labute approximate surface area is 110 Å². The molecule has 0 aromatic carbocycles. The van der Waals surface area contributed by atoms with Gasteiger partial charge < -0.3 is 5.32 Å². The molecule has 1 heterocycles. The maximum Gasteiger partial charge on any atom is 0.132 e. The van der Waals surface area contributed by atoms with Crippen molar-refractivity contribution in [2.45, 2.75) is 66.0 Å². The maximum atomic E-state index is 4.72. The van der Waals surface area contributed by atoms with Crippen LogP contribution < -0.4 is 5.32 Å². The molecule has 0 saturated heterocycles. The average Bonchev–Trinajstić information content (AvgIpc) is 2.83. The minimum absolute atomic E-state index is 0.123. The summed E-state index contributed by atoms with van der Waals surface area (Å²) in [4.78, 5) is 9.32. The summed E-state index contributed by atoms with van der Waals surface area (Å²) >= 11 is 0. The monoisotopic (exact) mass is 247 g/mol. The molecule has 0 radical (unpaired) electrons. The van der Waals surface area contributed by atoms with E-state index >= 15 is 0 Å². The molecule has 0 spiro atoms. The molecule has 1 unspecified atom stereocenters. The maximum absolute atomic E-state index is 4.72. The lowest BCUT2D eigenvalue weighted by Gasteiger charge is -2.20. The second-order valence-corrected chi connectivity index (χ2v) is 7.21. The van der Waals surface area contributed by atoms with Crippen molar-refractivity contribution in [2.24, 2.45) is 5.41 Å². The topological polar surface area (TPSA) is 37.8 Å². The molecule has 0 amide bonds. The van der Waals surface area contributed by atoms with E-state index in [-0.39, 0.29) is 5.54 Å². The number of aryl methyl sites for hydroxylation is 1. The summed E-state index contributed by atoms with van der Waals surface area (Å²) in [6, 6.07) is 2.08. The molecule has 100 valence electrons. The van der Waals surface area contributed by atoms with Crippen molar-refractivity contribution in [2.75, 3.05) is 0 Å². The predicted molar refractivity (Wildman–Crippen MR) is 74.5 cm³/mol. The van der Waals surface area contributed by atoms with Gasteiger partial charge in [-0.25, -0.2) is 9.97 Å². The van der Waals surface area contributed by atoms with Gasteiger partial charge in [0.15, 0.2) is 0 Å². The van der Waals surface area contributed by atoms with Crippen molar-refractivity contribution >= 4 is 0 Å². The normalized spacial score (nSPS) is 22.0. The molecule has 1 fully saturated rings. The van der Waals surface area contributed by atoms with E-state index in [4.69, 9.17) is 4.98 Å². The SMILES string of the molecule is Cc1cc(CNC(C)(C)C)nc(C2CC2(C)C)n1. The van der Waals surface area contributed by atoms with Gasteiger partial charge in [0, 0.05) is 23.7 Å². The molecule has 1 aliphatic carbocycles. The molecule has 18 heavy (non-hydrogen) atoms. The number of rotatable bonds is 3. The fraction of sp³-hybridized carbons (Fsp3) is 0.733. The van der Waals surface area contributed by atoms with Crippen LogP contribution in [0.2, 0.25) is 0 Å². The highest BCUT2D eigenvalue weighted by molar-refractivity contribution is 5.20. The van der Waals surface area contributed by atoms with Gasteiger partial charge in [-0.05, 0) is 45.6 Å². The molecule has 1 atom stereocenters. The van der Waals surface area contributed by atoms with Crippen LogP contribution in [0, 0.1) is 12.3 Å². The van der Waals surface area contributed by atoms with Gasteiger partial charge in [0.2, 0.25) is 0 Å². The summed E-state index contributed by atoms with van der Waals surface area (Å²) in [7, 11) is 0. The van der Waals surface area contributed by atoms with Crippen LogP contribution in [-0.2, 0) is 6.54 Å². The summed E-state index contributed by atoms with van der Waals surface area (Å²) in [5.41, 5.74) is 2.70. The Hall–Kier alpha value is -0.960. The Morgan fingerprint density at radius 3 is 2.44 bits per heavy atom. The molecule has 3 heteroatoms. The molecule has 1 aromatic heterocycles. The van der Waals surface area contributed by atoms with E-state index in [1.54, 1.807) is 0 Å².